The maximum absolute atomic E-state index is 11.9. The number of rotatable bonds is 3. The molecule has 0 aromatic rings. The van der Waals surface area contributed by atoms with Gasteiger partial charge >= 0.3 is 12.0 Å². The Labute approximate surface area is 121 Å². The van der Waals surface area contributed by atoms with Gasteiger partial charge in [-0.25, -0.2) is 4.79 Å². The van der Waals surface area contributed by atoms with Gasteiger partial charge in [-0.3, -0.25) is 19.7 Å². The highest BCUT2D eigenvalue weighted by atomic mass is 16.4. The number of hydrogen-bond donors (Lipinski definition) is 4. The van der Waals surface area contributed by atoms with Crippen LogP contribution in [0.25, 0.3) is 0 Å². The Morgan fingerprint density at radius 1 is 1.10 bits per heavy atom. The van der Waals surface area contributed by atoms with Gasteiger partial charge in [-0.2, -0.15) is 0 Å². The summed E-state index contributed by atoms with van der Waals surface area (Å²) in [6, 6.07) is -1.75. The lowest BCUT2D eigenvalue weighted by molar-refractivity contribution is -0.143. The van der Waals surface area contributed by atoms with Crippen molar-refractivity contribution in [3.63, 3.8) is 0 Å². The second-order valence-electron chi connectivity index (χ2n) is 5.46. The molecule has 2 fully saturated rings. The number of hydrogen-bond acceptors (Lipinski definition) is 4. The van der Waals surface area contributed by atoms with E-state index in [9.17, 15) is 19.2 Å². The van der Waals surface area contributed by atoms with E-state index in [-0.39, 0.29) is 18.7 Å². The summed E-state index contributed by atoms with van der Waals surface area (Å²) >= 11 is 0. The van der Waals surface area contributed by atoms with Crippen LogP contribution in [0, 0.1) is 5.92 Å². The molecule has 2 rings (SSSR count). The van der Waals surface area contributed by atoms with E-state index in [1.807, 2.05) is 0 Å². The standard InChI is InChI=1S/C13H19N3O5/c17-10-6-5-9(11(18)16-10)15-13(21)14-8-4-2-1-3-7(8)12(19)20/h7-9H,1-6H2,(H,19,20)(H2,14,15,21)(H,16,17,18). The Kier molecular flexibility index (Phi) is 4.77. The Morgan fingerprint density at radius 2 is 1.81 bits per heavy atom. The zero-order chi connectivity index (χ0) is 15.4. The molecule has 0 radical (unpaired) electrons. The van der Waals surface area contributed by atoms with Crippen molar-refractivity contribution in [3.8, 4) is 0 Å². The molecule has 3 unspecified atom stereocenters. The van der Waals surface area contributed by atoms with Gasteiger partial charge in [-0.05, 0) is 19.3 Å². The second kappa shape index (κ2) is 6.55. The van der Waals surface area contributed by atoms with Crippen LogP contribution in [-0.2, 0) is 14.4 Å². The molecule has 8 nitrogen and oxygen atoms in total. The molecule has 1 heterocycles. The highest BCUT2D eigenvalue weighted by molar-refractivity contribution is 6.01. The fraction of sp³-hybridized carbons (Fsp3) is 0.692. The molecule has 116 valence electrons. The zero-order valence-corrected chi connectivity index (χ0v) is 11.6. The van der Waals surface area contributed by atoms with Gasteiger partial charge in [0.1, 0.15) is 6.04 Å². The monoisotopic (exact) mass is 297 g/mol. The lowest BCUT2D eigenvalue weighted by atomic mass is 9.84. The molecule has 1 saturated carbocycles. The minimum Gasteiger partial charge on any atom is -0.481 e. The molecular weight excluding hydrogens is 278 g/mol. The first kappa shape index (κ1) is 15.3. The maximum Gasteiger partial charge on any atom is 0.315 e. The average molecular weight is 297 g/mol. The van der Waals surface area contributed by atoms with Crippen LogP contribution in [0.2, 0.25) is 0 Å². The summed E-state index contributed by atoms with van der Waals surface area (Å²) in [6.07, 6.45) is 3.29. The van der Waals surface area contributed by atoms with Crippen molar-refractivity contribution in [2.45, 2.75) is 50.6 Å². The number of carboxylic acid groups (broad SMARTS) is 1. The van der Waals surface area contributed by atoms with E-state index in [2.05, 4.69) is 16.0 Å². The summed E-state index contributed by atoms with van der Waals surface area (Å²) in [4.78, 5) is 45.6. The van der Waals surface area contributed by atoms with Crippen molar-refractivity contribution in [2.24, 2.45) is 5.92 Å². The predicted molar refractivity (Wildman–Crippen MR) is 71.2 cm³/mol. The second-order valence-corrected chi connectivity index (χ2v) is 5.46. The number of piperidine rings is 1. The highest BCUT2D eigenvalue weighted by Gasteiger charge is 2.33. The molecule has 1 saturated heterocycles. The number of carbonyl (C=O) groups excluding carboxylic acids is 3. The zero-order valence-electron chi connectivity index (χ0n) is 11.6. The molecule has 0 bridgehead atoms. The molecule has 0 aromatic carbocycles. The first-order valence-electron chi connectivity index (χ1n) is 7.11. The predicted octanol–water partition coefficient (Wildman–Crippen LogP) is -0.266. The van der Waals surface area contributed by atoms with Crippen molar-refractivity contribution in [2.75, 3.05) is 0 Å². The molecule has 21 heavy (non-hydrogen) atoms. The number of nitrogens with one attached hydrogen (secondary N) is 3. The summed E-state index contributed by atoms with van der Waals surface area (Å²) in [5.41, 5.74) is 0. The van der Waals surface area contributed by atoms with E-state index in [1.54, 1.807) is 0 Å². The lowest BCUT2D eigenvalue weighted by Crippen LogP contribution is -2.56. The van der Waals surface area contributed by atoms with E-state index < -0.39 is 35.9 Å². The Hall–Kier alpha value is -2.12. The minimum atomic E-state index is -0.916. The van der Waals surface area contributed by atoms with Gasteiger partial charge in [0.15, 0.2) is 0 Å². The van der Waals surface area contributed by atoms with Gasteiger partial charge in [0.25, 0.3) is 0 Å². The lowest BCUT2D eigenvalue weighted by Gasteiger charge is -2.30. The van der Waals surface area contributed by atoms with Crippen LogP contribution in [0.3, 0.4) is 0 Å². The number of carbonyl (C=O) groups is 4. The van der Waals surface area contributed by atoms with Crippen LogP contribution in [0.15, 0.2) is 0 Å². The smallest absolute Gasteiger partial charge is 0.315 e. The van der Waals surface area contributed by atoms with Crippen LogP contribution < -0.4 is 16.0 Å². The number of urea groups is 1. The third-order valence-corrected chi connectivity index (χ3v) is 3.94. The van der Waals surface area contributed by atoms with Gasteiger partial charge in [0.2, 0.25) is 11.8 Å². The van der Waals surface area contributed by atoms with E-state index >= 15 is 0 Å². The van der Waals surface area contributed by atoms with E-state index in [0.29, 0.717) is 12.8 Å². The van der Waals surface area contributed by atoms with Gasteiger partial charge in [0.05, 0.1) is 5.92 Å². The van der Waals surface area contributed by atoms with Crippen molar-refractivity contribution in [1.82, 2.24) is 16.0 Å². The summed E-state index contributed by atoms with van der Waals surface area (Å²) in [7, 11) is 0. The van der Waals surface area contributed by atoms with Crippen LogP contribution in [-0.4, -0.2) is 41.0 Å². The van der Waals surface area contributed by atoms with Crippen molar-refractivity contribution in [3.05, 3.63) is 0 Å². The van der Waals surface area contributed by atoms with Crippen LogP contribution in [0.1, 0.15) is 38.5 Å². The van der Waals surface area contributed by atoms with E-state index in [4.69, 9.17) is 5.11 Å². The topological polar surface area (TPSA) is 125 Å². The summed E-state index contributed by atoms with van der Waals surface area (Å²) < 4.78 is 0. The molecule has 4 N–H and O–H groups in total. The SMILES string of the molecule is O=C1CCC(NC(=O)NC2CCCCC2C(=O)O)C(=O)N1. The summed E-state index contributed by atoms with van der Waals surface area (Å²) in [6.45, 7) is 0. The molecule has 1 aliphatic carbocycles. The Morgan fingerprint density at radius 3 is 2.48 bits per heavy atom. The normalized spacial score (nSPS) is 29.4. The molecule has 0 aromatic heterocycles. The van der Waals surface area contributed by atoms with Crippen molar-refractivity contribution in [1.29, 1.82) is 0 Å². The van der Waals surface area contributed by atoms with Crippen LogP contribution in [0.4, 0.5) is 4.79 Å². The Balaban J connectivity index is 1.87. The third kappa shape index (κ3) is 3.93. The molecule has 2 aliphatic rings. The third-order valence-electron chi connectivity index (χ3n) is 3.94. The molecule has 8 heteroatoms. The van der Waals surface area contributed by atoms with Crippen LogP contribution in [0.5, 0.6) is 0 Å². The van der Waals surface area contributed by atoms with Crippen molar-refractivity contribution < 1.29 is 24.3 Å². The summed E-state index contributed by atoms with van der Waals surface area (Å²) in [5, 5.41) is 16.4. The first-order valence-corrected chi connectivity index (χ1v) is 7.11. The molecular formula is C13H19N3O5. The molecule has 3 atom stereocenters. The maximum atomic E-state index is 11.9. The van der Waals surface area contributed by atoms with Gasteiger partial charge in [-0.1, -0.05) is 12.8 Å². The van der Waals surface area contributed by atoms with Gasteiger partial charge in [-0.15, -0.1) is 0 Å². The average Bonchev–Trinajstić information content (AvgIpc) is 2.42. The van der Waals surface area contributed by atoms with E-state index in [0.717, 1.165) is 12.8 Å². The fourth-order valence-corrected chi connectivity index (χ4v) is 2.80. The first-order chi connectivity index (χ1) is 9.97. The quantitative estimate of drug-likeness (QED) is 0.534. The van der Waals surface area contributed by atoms with Gasteiger partial charge < -0.3 is 15.7 Å². The fourth-order valence-electron chi connectivity index (χ4n) is 2.80. The van der Waals surface area contributed by atoms with Gasteiger partial charge in [0, 0.05) is 12.5 Å². The molecule has 4 amide bonds. The molecule has 0 spiro atoms. The number of aliphatic carboxylic acids is 1. The minimum absolute atomic E-state index is 0.178. The molecule has 1 aliphatic heterocycles. The summed E-state index contributed by atoms with van der Waals surface area (Å²) in [5.74, 6) is -2.39. The van der Waals surface area contributed by atoms with Crippen molar-refractivity contribution >= 4 is 23.8 Å². The number of carboxylic acids is 1. The number of amides is 4. The van der Waals surface area contributed by atoms with E-state index in [1.165, 1.54) is 0 Å². The largest absolute Gasteiger partial charge is 0.481 e. The Bertz CT molecular complexity index is 465. The highest BCUT2D eigenvalue weighted by Crippen LogP contribution is 2.24. The number of imide groups is 1. The van der Waals surface area contributed by atoms with Crippen LogP contribution >= 0.6 is 0 Å².